The maximum absolute atomic E-state index is 13.5. The van der Waals surface area contributed by atoms with E-state index in [1.807, 2.05) is 6.07 Å². The van der Waals surface area contributed by atoms with Gasteiger partial charge in [0.15, 0.2) is 0 Å². The van der Waals surface area contributed by atoms with Gasteiger partial charge in [-0.15, -0.1) is 0 Å². The number of carbonyl (C=O) groups is 2. The molecule has 29 heavy (non-hydrogen) atoms. The molecule has 0 fully saturated rings. The van der Waals surface area contributed by atoms with Gasteiger partial charge in [-0.1, -0.05) is 30.3 Å². The van der Waals surface area contributed by atoms with Crippen molar-refractivity contribution in [3.05, 3.63) is 71.4 Å². The van der Waals surface area contributed by atoms with Crippen molar-refractivity contribution in [2.75, 3.05) is 6.61 Å². The fourth-order valence-corrected chi connectivity index (χ4v) is 2.85. The van der Waals surface area contributed by atoms with Gasteiger partial charge in [0.05, 0.1) is 18.2 Å². The number of nitrogens with one attached hydrogen (secondary N) is 2. The van der Waals surface area contributed by atoms with Crippen LogP contribution in [0.5, 0.6) is 11.5 Å². The van der Waals surface area contributed by atoms with Crippen LogP contribution in [0.25, 0.3) is 0 Å². The van der Waals surface area contributed by atoms with E-state index in [-0.39, 0.29) is 12.2 Å². The number of para-hydroxylation sites is 1. The quantitative estimate of drug-likeness (QED) is 0.730. The van der Waals surface area contributed by atoms with E-state index in [0.29, 0.717) is 11.5 Å². The summed E-state index contributed by atoms with van der Waals surface area (Å²) in [7, 11) is 0. The van der Waals surface area contributed by atoms with Gasteiger partial charge < -0.3 is 20.1 Å². The van der Waals surface area contributed by atoms with Crippen LogP contribution >= 0.6 is 0 Å². The Morgan fingerprint density at radius 1 is 1.07 bits per heavy atom. The molecule has 1 aliphatic rings. The molecule has 0 spiro atoms. The summed E-state index contributed by atoms with van der Waals surface area (Å²) < 4.78 is 51.0. The molecule has 2 amide bonds. The maximum Gasteiger partial charge on any atom is 0.432 e. The molecule has 6 nitrogen and oxygen atoms in total. The van der Waals surface area contributed by atoms with Gasteiger partial charge in [0, 0.05) is 0 Å². The normalized spacial score (nSPS) is 16.7. The van der Waals surface area contributed by atoms with Crippen molar-refractivity contribution in [3.63, 3.8) is 0 Å². The van der Waals surface area contributed by atoms with E-state index >= 15 is 0 Å². The average Bonchev–Trinajstić information content (AvgIpc) is 2.68. The smallest absolute Gasteiger partial charge is 0.432 e. The first-order chi connectivity index (χ1) is 13.8. The number of hydrogen-bond donors (Lipinski definition) is 2. The van der Waals surface area contributed by atoms with Crippen LogP contribution in [0.4, 0.5) is 18.0 Å². The molecule has 2 aromatic carbocycles. The number of ether oxygens (including phenoxy) is 2. The fraction of sp³-hybridized carbons (Fsp3) is 0.200. The summed E-state index contributed by atoms with van der Waals surface area (Å²) in [6.07, 6.45) is -4.95. The molecule has 3 rings (SSSR count). The van der Waals surface area contributed by atoms with Gasteiger partial charge in [0.2, 0.25) is 0 Å². The molecule has 0 saturated heterocycles. The Hall–Kier alpha value is -3.49. The Balaban J connectivity index is 2.03. The molecule has 0 saturated carbocycles. The second kappa shape index (κ2) is 8.26. The lowest BCUT2D eigenvalue weighted by Crippen LogP contribution is -2.49. The highest BCUT2D eigenvalue weighted by Crippen LogP contribution is 2.36. The average molecular weight is 406 g/mol. The third-order valence-corrected chi connectivity index (χ3v) is 4.02. The molecule has 9 heteroatoms. The van der Waals surface area contributed by atoms with Crippen molar-refractivity contribution in [2.24, 2.45) is 0 Å². The van der Waals surface area contributed by atoms with Gasteiger partial charge in [-0.2, -0.15) is 13.2 Å². The van der Waals surface area contributed by atoms with Crippen molar-refractivity contribution in [1.82, 2.24) is 10.6 Å². The van der Waals surface area contributed by atoms with E-state index in [1.165, 1.54) is 19.1 Å². The highest BCUT2D eigenvalue weighted by Gasteiger charge is 2.45. The number of benzene rings is 2. The van der Waals surface area contributed by atoms with Crippen LogP contribution in [0.15, 0.2) is 65.9 Å². The maximum atomic E-state index is 13.5. The summed E-state index contributed by atoms with van der Waals surface area (Å²) in [5, 5.41) is 4.02. The summed E-state index contributed by atoms with van der Waals surface area (Å²) in [4.78, 5) is 24.2. The van der Waals surface area contributed by atoms with Crippen molar-refractivity contribution in [3.8, 4) is 11.5 Å². The molecule has 2 aromatic rings. The Morgan fingerprint density at radius 2 is 1.76 bits per heavy atom. The number of rotatable bonds is 5. The molecular formula is C20H17F3N2O4. The van der Waals surface area contributed by atoms with Crippen molar-refractivity contribution in [1.29, 1.82) is 0 Å². The summed E-state index contributed by atoms with van der Waals surface area (Å²) in [6, 6.07) is 12.4. The van der Waals surface area contributed by atoms with Gasteiger partial charge in [0.1, 0.15) is 17.2 Å². The predicted molar refractivity (Wildman–Crippen MR) is 97.1 cm³/mol. The molecule has 1 heterocycles. The topological polar surface area (TPSA) is 76.7 Å². The zero-order valence-corrected chi connectivity index (χ0v) is 15.2. The monoisotopic (exact) mass is 406 g/mol. The van der Waals surface area contributed by atoms with Crippen LogP contribution in [0.2, 0.25) is 0 Å². The van der Waals surface area contributed by atoms with E-state index in [0.717, 1.165) is 0 Å². The Kier molecular flexibility index (Phi) is 5.76. The molecule has 0 aliphatic carbocycles. The second-order valence-corrected chi connectivity index (χ2v) is 6.03. The second-order valence-electron chi connectivity index (χ2n) is 6.03. The van der Waals surface area contributed by atoms with Crippen molar-refractivity contribution < 1.29 is 32.2 Å². The molecule has 152 valence electrons. The van der Waals surface area contributed by atoms with E-state index in [9.17, 15) is 22.8 Å². The van der Waals surface area contributed by atoms with Crippen LogP contribution < -0.4 is 15.4 Å². The Morgan fingerprint density at radius 3 is 2.41 bits per heavy atom. The van der Waals surface area contributed by atoms with Crippen molar-refractivity contribution >= 4 is 12.0 Å². The minimum absolute atomic E-state index is 0.120. The zero-order valence-electron chi connectivity index (χ0n) is 15.2. The van der Waals surface area contributed by atoms with Crippen LogP contribution in [0.1, 0.15) is 18.5 Å². The molecule has 0 radical (unpaired) electrons. The molecule has 0 aromatic heterocycles. The zero-order chi connectivity index (χ0) is 21.0. The summed E-state index contributed by atoms with van der Waals surface area (Å²) in [5.74, 6) is -0.318. The molecule has 1 atom stereocenters. The van der Waals surface area contributed by atoms with Crippen LogP contribution in [-0.2, 0) is 9.53 Å². The van der Waals surface area contributed by atoms with Gasteiger partial charge in [-0.3, -0.25) is 0 Å². The summed E-state index contributed by atoms with van der Waals surface area (Å²) >= 11 is 0. The largest absolute Gasteiger partial charge is 0.463 e. The molecule has 0 bridgehead atoms. The lowest BCUT2D eigenvalue weighted by molar-refractivity contribution is -0.140. The van der Waals surface area contributed by atoms with Gasteiger partial charge in [-0.05, 0) is 36.8 Å². The number of amides is 2. The minimum Gasteiger partial charge on any atom is -0.463 e. The number of carbonyl (C=O) groups excluding carboxylic acids is 2. The van der Waals surface area contributed by atoms with E-state index in [2.05, 4.69) is 5.32 Å². The third kappa shape index (κ3) is 4.68. The van der Waals surface area contributed by atoms with Crippen molar-refractivity contribution in [2.45, 2.75) is 19.1 Å². The molecular weight excluding hydrogens is 389 g/mol. The lowest BCUT2D eigenvalue weighted by Gasteiger charge is -2.30. The lowest BCUT2D eigenvalue weighted by atomic mass is 9.95. The SMILES string of the molecule is CCOC(=O)C1=C(C(F)(F)F)NC(=O)NC1c1cccc(Oc2ccccc2)c1. The van der Waals surface area contributed by atoms with Crippen LogP contribution in [-0.4, -0.2) is 24.8 Å². The standard InChI is InChI=1S/C20H17F3N2O4/c1-2-28-18(26)15-16(24-19(27)25-17(15)20(21,22)23)12-7-6-10-14(11-12)29-13-8-4-3-5-9-13/h3-11,16H,2H2,1H3,(H2,24,25,27). The number of allylic oxidation sites excluding steroid dienone is 1. The Bertz CT molecular complexity index is 942. The van der Waals surface area contributed by atoms with Gasteiger partial charge in [0.25, 0.3) is 0 Å². The number of halogens is 3. The van der Waals surface area contributed by atoms with E-state index in [4.69, 9.17) is 9.47 Å². The highest BCUT2D eigenvalue weighted by molar-refractivity contribution is 5.95. The summed E-state index contributed by atoms with van der Waals surface area (Å²) in [5.41, 5.74) is -1.94. The number of alkyl halides is 3. The molecule has 2 N–H and O–H groups in total. The molecule has 1 aliphatic heterocycles. The fourth-order valence-electron chi connectivity index (χ4n) is 2.85. The Labute approximate surface area is 164 Å². The van der Waals surface area contributed by atoms with Crippen LogP contribution in [0, 0.1) is 0 Å². The number of hydrogen-bond acceptors (Lipinski definition) is 4. The highest BCUT2D eigenvalue weighted by atomic mass is 19.4. The summed E-state index contributed by atoms with van der Waals surface area (Å²) in [6.45, 7) is 1.36. The molecule has 1 unspecified atom stereocenters. The van der Waals surface area contributed by atoms with Gasteiger partial charge in [-0.25, -0.2) is 9.59 Å². The van der Waals surface area contributed by atoms with E-state index < -0.39 is 35.5 Å². The first-order valence-electron chi connectivity index (χ1n) is 8.68. The number of urea groups is 1. The van der Waals surface area contributed by atoms with Crippen LogP contribution in [0.3, 0.4) is 0 Å². The van der Waals surface area contributed by atoms with E-state index in [1.54, 1.807) is 41.7 Å². The third-order valence-electron chi connectivity index (χ3n) is 4.02. The minimum atomic E-state index is -4.95. The van der Waals surface area contributed by atoms with Gasteiger partial charge >= 0.3 is 18.2 Å². The first-order valence-corrected chi connectivity index (χ1v) is 8.68. The first kappa shape index (κ1) is 20.2. The number of esters is 1. The predicted octanol–water partition coefficient (Wildman–Crippen LogP) is 4.21.